The number of hydrogen-bond acceptors (Lipinski definition) is 3. The summed E-state index contributed by atoms with van der Waals surface area (Å²) in [6.07, 6.45) is 1.34. The van der Waals surface area contributed by atoms with Crippen molar-refractivity contribution in [3.05, 3.63) is 27.5 Å². The highest BCUT2D eigenvalue weighted by molar-refractivity contribution is 9.10. The van der Waals surface area contributed by atoms with E-state index in [1.165, 1.54) is 6.20 Å². The molecule has 0 radical (unpaired) electrons. The Hall–Kier alpha value is -0.650. The van der Waals surface area contributed by atoms with Gasteiger partial charge in [0, 0.05) is 12.2 Å². The van der Waals surface area contributed by atoms with Gasteiger partial charge in [0.2, 0.25) is 0 Å². The summed E-state index contributed by atoms with van der Waals surface area (Å²) in [6, 6.07) is 1.11. The van der Waals surface area contributed by atoms with E-state index in [9.17, 15) is 4.79 Å². The van der Waals surface area contributed by atoms with Crippen LogP contribution in [0.1, 0.15) is 18.0 Å². The van der Waals surface area contributed by atoms with Crippen LogP contribution in [-0.2, 0) is 4.79 Å². The smallest absolute Gasteiger partial charge is 0.305 e. The van der Waals surface area contributed by atoms with Gasteiger partial charge in [-0.2, -0.15) is 0 Å². The summed E-state index contributed by atoms with van der Waals surface area (Å²) in [5.74, 6) is -0.941. The molecule has 0 unspecified atom stereocenters. The first kappa shape index (κ1) is 11.4. The lowest BCUT2D eigenvalue weighted by atomic mass is 10.1. The van der Waals surface area contributed by atoms with Crippen LogP contribution in [0.2, 0.25) is 5.15 Å². The van der Waals surface area contributed by atoms with Crippen molar-refractivity contribution in [3.63, 3.8) is 0 Å². The van der Waals surface area contributed by atoms with E-state index in [2.05, 4.69) is 20.9 Å². The summed E-state index contributed by atoms with van der Waals surface area (Å²) >= 11 is 8.86. The molecule has 0 bridgehead atoms. The lowest BCUT2D eigenvalue weighted by Gasteiger charge is -2.09. The Bertz CT molecular complexity index is 359. The predicted octanol–water partition coefficient (Wildman–Crippen LogP) is 1.97. The molecule has 1 rings (SSSR count). The highest BCUT2D eigenvalue weighted by Crippen LogP contribution is 2.23. The van der Waals surface area contributed by atoms with Gasteiger partial charge in [-0.25, -0.2) is 4.98 Å². The number of aliphatic carboxylic acids is 1. The van der Waals surface area contributed by atoms with Crippen molar-refractivity contribution in [2.45, 2.75) is 12.5 Å². The summed E-state index contributed by atoms with van der Waals surface area (Å²) in [4.78, 5) is 14.2. The quantitative estimate of drug-likeness (QED) is 0.829. The Morgan fingerprint density at radius 2 is 2.43 bits per heavy atom. The maximum atomic E-state index is 10.4. The van der Waals surface area contributed by atoms with Crippen LogP contribution in [0.3, 0.4) is 0 Å². The number of aromatic nitrogens is 1. The number of nitrogens with two attached hydrogens (primary N) is 1. The molecular formula is C8H8BrClN2O2. The minimum Gasteiger partial charge on any atom is -0.481 e. The molecule has 14 heavy (non-hydrogen) atoms. The van der Waals surface area contributed by atoms with Crippen molar-refractivity contribution in [1.29, 1.82) is 0 Å². The van der Waals surface area contributed by atoms with E-state index in [0.29, 0.717) is 15.2 Å². The van der Waals surface area contributed by atoms with Crippen LogP contribution in [0.5, 0.6) is 0 Å². The minimum absolute atomic E-state index is 0.129. The second-order valence-electron chi connectivity index (χ2n) is 2.75. The Morgan fingerprint density at radius 3 is 2.93 bits per heavy atom. The van der Waals surface area contributed by atoms with Crippen molar-refractivity contribution in [2.75, 3.05) is 0 Å². The predicted molar refractivity (Wildman–Crippen MR) is 56.1 cm³/mol. The van der Waals surface area contributed by atoms with Gasteiger partial charge in [-0.15, -0.1) is 0 Å². The average molecular weight is 280 g/mol. The summed E-state index contributed by atoms with van der Waals surface area (Å²) in [5.41, 5.74) is 6.27. The molecule has 0 fully saturated rings. The number of nitrogens with zero attached hydrogens (tertiary/aromatic N) is 1. The van der Waals surface area contributed by atoms with E-state index in [1.807, 2.05) is 0 Å². The fourth-order valence-electron chi connectivity index (χ4n) is 0.945. The molecule has 1 aromatic rings. The fraction of sp³-hybridized carbons (Fsp3) is 0.250. The van der Waals surface area contributed by atoms with Crippen LogP contribution in [0.25, 0.3) is 0 Å². The second kappa shape index (κ2) is 4.72. The van der Waals surface area contributed by atoms with Gasteiger partial charge in [-0.1, -0.05) is 11.6 Å². The Balaban J connectivity index is 2.85. The first-order chi connectivity index (χ1) is 6.50. The van der Waals surface area contributed by atoms with Crippen molar-refractivity contribution in [1.82, 2.24) is 4.98 Å². The van der Waals surface area contributed by atoms with Gasteiger partial charge in [-0.05, 0) is 27.6 Å². The number of pyridine rings is 1. The van der Waals surface area contributed by atoms with Crippen LogP contribution < -0.4 is 5.73 Å². The van der Waals surface area contributed by atoms with E-state index < -0.39 is 12.0 Å². The molecule has 0 amide bonds. The van der Waals surface area contributed by atoms with Gasteiger partial charge in [0.05, 0.1) is 10.9 Å². The normalized spacial score (nSPS) is 12.5. The van der Waals surface area contributed by atoms with Gasteiger partial charge >= 0.3 is 5.97 Å². The first-order valence-corrected chi connectivity index (χ1v) is 4.96. The zero-order valence-electron chi connectivity index (χ0n) is 7.08. The molecule has 6 heteroatoms. The average Bonchev–Trinajstić information content (AvgIpc) is 2.08. The standard InChI is InChI=1S/C8H8BrClN2O2/c9-5-1-4(3-12-8(5)10)6(11)2-7(13)14/h1,3,6H,2,11H2,(H,13,14)/t6-/m0/s1. The Morgan fingerprint density at radius 1 is 1.79 bits per heavy atom. The Kier molecular flexibility index (Phi) is 3.86. The third kappa shape index (κ3) is 2.94. The van der Waals surface area contributed by atoms with Gasteiger partial charge in [0.1, 0.15) is 5.15 Å². The number of halogens is 2. The first-order valence-electron chi connectivity index (χ1n) is 3.79. The van der Waals surface area contributed by atoms with Crippen LogP contribution in [-0.4, -0.2) is 16.1 Å². The topological polar surface area (TPSA) is 76.2 Å². The molecule has 0 aromatic carbocycles. The number of hydrogen-bond donors (Lipinski definition) is 2. The van der Waals surface area contributed by atoms with Gasteiger partial charge < -0.3 is 10.8 Å². The molecule has 0 aliphatic rings. The van der Waals surface area contributed by atoms with Gasteiger partial charge in [0.15, 0.2) is 0 Å². The molecule has 1 aromatic heterocycles. The summed E-state index contributed by atoms with van der Waals surface area (Å²) in [6.45, 7) is 0. The lowest BCUT2D eigenvalue weighted by Crippen LogP contribution is -2.15. The second-order valence-corrected chi connectivity index (χ2v) is 3.96. The van der Waals surface area contributed by atoms with E-state index in [1.54, 1.807) is 6.07 Å². The number of carboxylic acid groups (broad SMARTS) is 1. The number of carboxylic acids is 1. The maximum Gasteiger partial charge on any atom is 0.305 e. The monoisotopic (exact) mass is 278 g/mol. The molecular weight excluding hydrogens is 271 g/mol. The van der Waals surface area contributed by atoms with Crippen LogP contribution >= 0.6 is 27.5 Å². The molecule has 3 N–H and O–H groups in total. The third-order valence-corrected chi connectivity index (χ3v) is 2.77. The lowest BCUT2D eigenvalue weighted by molar-refractivity contribution is -0.137. The Labute approximate surface area is 94.2 Å². The SMILES string of the molecule is N[C@@H](CC(=O)O)c1cnc(Cl)c(Br)c1. The minimum atomic E-state index is -0.941. The molecule has 0 saturated carbocycles. The van der Waals surface area contributed by atoms with E-state index >= 15 is 0 Å². The molecule has 1 atom stereocenters. The van der Waals surface area contributed by atoms with Crippen LogP contribution in [0.4, 0.5) is 0 Å². The molecule has 1 heterocycles. The molecule has 0 spiro atoms. The van der Waals surface area contributed by atoms with Crippen molar-refractivity contribution < 1.29 is 9.90 Å². The van der Waals surface area contributed by atoms with E-state index in [0.717, 1.165) is 0 Å². The largest absolute Gasteiger partial charge is 0.481 e. The van der Waals surface area contributed by atoms with Crippen LogP contribution in [0, 0.1) is 0 Å². The highest BCUT2D eigenvalue weighted by atomic mass is 79.9. The van der Waals surface area contributed by atoms with Gasteiger partial charge in [-0.3, -0.25) is 4.79 Å². The van der Waals surface area contributed by atoms with Crippen molar-refractivity contribution in [2.24, 2.45) is 5.73 Å². The molecule has 76 valence electrons. The maximum absolute atomic E-state index is 10.4. The van der Waals surface area contributed by atoms with Crippen molar-refractivity contribution >= 4 is 33.5 Å². The zero-order valence-corrected chi connectivity index (χ0v) is 9.42. The van der Waals surface area contributed by atoms with Crippen molar-refractivity contribution in [3.8, 4) is 0 Å². The van der Waals surface area contributed by atoms with E-state index in [-0.39, 0.29) is 6.42 Å². The van der Waals surface area contributed by atoms with Crippen LogP contribution in [0.15, 0.2) is 16.7 Å². The van der Waals surface area contributed by atoms with Gasteiger partial charge in [0.25, 0.3) is 0 Å². The highest BCUT2D eigenvalue weighted by Gasteiger charge is 2.12. The molecule has 0 aliphatic heterocycles. The summed E-state index contributed by atoms with van der Waals surface area (Å²) in [5, 5.41) is 8.86. The molecule has 0 aliphatic carbocycles. The molecule has 4 nitrogen and oxygen atoms in total. The number of rotatable bonds is 3. The van der Waals surface area contributed by atoms with E-state index in [4.69, 9.17) is 22.4 Å². The summed E-state index contributed by atoms with van der Waals surface area (Å²) in [7, 11) is 0. The third-order valence-electron chi connectivity index (χ3n) is 1.64. The number of carbonyl (C=O) groups is 1. The summed E-state index contributed by atoms with van der Waals surface area (Å²) < 4.78 is 0.609. The fourth-order valence-corrected chi connectivity index (χ4v) is 1.41. The zero-order chi connectivity index (χ0) is 10.7. The molecule has 0 saturated heterocycles.